The molecule has 0 atom stereocenters. The van der Waals surface area contributed by atoms with Crippen molar-refractivity contribution in [1.82, 2.24) is 0 Å². The number of nitrogens with zero attached hydrogens (tertiary/aromatic N) is 2. The Kier molecular flexibility index (Phi) is 11.1. The van der Waals surface area contributed by atoms with E-state index in [2.05, 4.69) is 77.9 Å². The Balaban J connectivity index is 0.00000420. The molecular formula is C26H36N2Ni. The van der Waals surface area contributed by atoms with Crippen molar-refractivity contribution >= 4 is 22.8 Å². The number of hydrogen-bond acceptors (Lipinski definition) is 2. The van der Waals surface area contributed by atoms with Gasteiger partial charge in [0.2, 0.25) is 0 Å². The fourth-order valence-corrected chi connectivity index (χ4v) is 3.56. The second-order valence-electron chi connectivity index (χ2n) is 8.02. The van der Waals surface area contributed by atoms with Crippen molar-refractivity contribution < 1.29 is 16.5 Å². The molecule has 2 rings (SSSR count). The maximum atomic E-state index is 5.10. The molecule has 0 aliphatic rings. The first-order chi connectivity index (χ1) is 13.4. The third kappa shape index (κ3) is 8.66. The molecule has 29 heavy (non-hydrogen) atoms. The van der Waals surface area contributed by atoms with Crippen molar-refractivity contribution in [2.45, 2.75) is 80.1 Å². The van der Waals surface area contributed by atoms with Gasteiger partial charge >= 0.3 is 0 Å². The quantitative estimate of drug-likeness (QED) is 0.281. The number of aryl methyl sites for hydroxylation is 4. The third-order valence-corrected chi connectivity index (χ3v) is 4.81. The van der Waals surface area contributed by atoms with Gasteiger partial charge in [0.25, 0.3) is 0 Å². The average molecular weight is 435 g/mol. The molecule has 2 aromatic rings. The Labute approximate surface area is 187 Å². The van der Waals surface area contributed by atoms with Crippen LogP contribution in [0.2, 0.25) is 0 Å². The third-order valence-electron chi connectivity index (χ3n) is 4.81. The first-order valence-corrected chi connectivity index (χ1v) is 10.7. The summed E-state index contributed by atoms with van der Waals surface area (Å²) >= 11 is 0. The van der Waals surface area contributed by atoms with Crippen LogP contribution in [0.4, 0.5) is 11.4 Å². The van der Waals surface area contributed by atoms with Crippen LogP contribution in [0.3, 0.4) is 0 Å². The van der Waals surface area contributed by atoms with E-state index in [1.807, 2.05) is 0 Å². The van der Waals surface area contributed by atoms with Gasteiger partial charge in [-0.25, -0.2) is 0 Å². The summed E-state index contributed by atoms with van der Waals surface area (Å²) in [4.78, 5) is 10.2. The topological polar surface area (TPSA) is 24.7 Å². The Morgan fingerprint density at radius 1 is 0.586 bits per heavy atom. The SMILES string of the molecule is CCCCC(=Nc1cc(C)cc(C)c1)C(CCCC)=Nc1cc(C)cc(C)c1.[Ni]. The van der Waals surface area contributed by atoms with Crippen molar-refractivity contribution in [3.8, 4) is 0 Å². The molecule has 0 aliphatic carbocycles. The summed E-state index contributed by atoms with van der Waals surface area (Å²) in [5.41, 5.74) is 9.44. The van der Waals surface area contributed by atoms with Crippen molar-refractivity contribution in [1.29, 1.82) is 0 Å². The smallest absolute Gasteiger partial charge is 0.0639 e. The minimum absolute atomic E-state index is 0. The predicted molar refractivity (Wildman–Crippen MR) is 125 cm³/mol. The van der Waals surface area contributed by atoms with Gasteiger partial charge in [0.05, 0.1) is 22.8 Å². The zero-order valence-electron chi connectivity index (χ0n) is 18.9. The Hall–Kier alpha value is -1.73. The van der Waals surface area contributed by atoms with Crippen LogP contribution in [0, 0.1) is 27.7 Å². The Morgan fingerprint density at radius 3 is 1.17 bits per heavy atom. The Bertz CT molecular complexity index is 738. The minimum atomic E-state index is 0. The van der Waals surface area contributed by atoms with Gasteiger partial charge in [0, 0.05) is 16.5 Å². The van der Waals surface area contributed by atoms with E-state index in [-0.39, 0.29) is 16.5 Å². The van der Waals surface area contributed by atoms with E-state index in [0.717, 1.165) is 61.3 Å². The van der Waals surface area contributed by atoms with Gasteiger partial charge in [-0.05, 0) is 99.9 Å². The number of hydrogen-bond donors (Lipinski definition) is 0. The first-order valence-electron chi connectivity index (χ1n) is 10.7. The monoisotopic (exact) mass is 434 g/mol. The van der Waals surface area contributed by atoms with Crippen LogP contribution >= 0.6 is 0 Å². The summed E-state index contributed by atoms with van der Waals surface area (Å²) in [5, 5.41) is 0. The largest absolute Gasteiger partial charge is 0.252 e. The molecule has 2 aromatic carbocycles. The van der Waals surface area contributed by atoms with Crippen molar-refractivity contribution in [3.05, 3.63) is 58.7 Å². The van der Waals surface area contributed by atoms with Gasteiger partial charge in [-0.1, -0.05) is 38.8 Å². The molecule has 0 saturated heterocycles. The Morgan fingerprint density at radius 2 is 0.897 bits per heavy atom. The van der Waals surface area contributed by atoms with Crippen molar-refractivity contribution in [2.24, 2.45) is 9.98 Å². The van der Waals surface area contributed by atoms with Gasteiger partial charge < -0.3 is 0 Å². The van der Waals surface area contributed by atoms with Gasteiger partial charge in [-0.2, -0.15) is 0 Å². The summed E-state index contributed by atoms with van der Waals surface area (Å²) in [5.74, 6) is 0. The number of unbranched alkanes of at least 4 members (excludes halogenated alkanes) is 2. The zero-order valence-corrected chi connectivity index (χ0v) is 19.9. The molecule has 0 spiro atoms. The van der Waals surface area contributed by atoms with E-state index in [1.165, 1.54) is 22.3 Å². The standard InChI is InChI=1S/C26H36N2.Ni/c1-7-9-11-25(27-23-15-19(3)13-20(4)16-23)26(12-10-8-2)28-24-17-21(5)14-22(6)18-24;/h13-18H,7-12H2,1-6H3;. The molecular weight excluding hydrogens is 399 g/mol. The summed E-state index contributed by atoms with van der Waals surface area (Å²) in [6.07, 6.45) is 6.57. The van der Waals surface area contributed by atoms with E-state index in [1.54, 1.807) is 0 Å². The summed E-state index contributed by atoms with van der Waals surface area (Å²) < 4.78 is 0. The molecule has 0 saturated carbocycles. The van der Waals surface area contributed by atoms with E-state index >= 15 is 0 Å². The molecule has 0 N–H and O–H groups in total. The molecule has 0 radical (unpaired) electrons. The van der Waals surface area contributed by atoms with Crippen LogP contribution in [-0.4, -0.2) is 11.4 Å². The molecule has 0 heterocycles. The van der Waals surface area contributed by atoms with E-state index < -0.39 is 0 Å². The minimum Gasteiger partial charge on any atom is -0.252 e. The summed E-state index contributed by atoms with van der Waals surface area (Å²) in [6, 6.07) is 13.1. The van der Waals surface area contributed by atoms with Crippen LogP contribution in [0.1, 0.15) is 74.6 Å². The van der Waals surface area contributed by atoms with E-state index in [4.69, 9.17) is 9.98 Å². The van der Waals surface area contributed by atoms with Crippen molar-refractivity contribution in [2.75, 3.05) is 0 Å². The molecule has 160 valence electrons. The first kappa shape index (κ1) is 25.3. The second kappa shape index (κ2) is 12.8. The van der Waals surface area contributed by atoms with Gasteiger partial charge in [0.15, 0.2) is 0 Å². The van der Waals surface area contributed by atoms with E-state index in [9.17, 15) is 0 Å². The zero-order chi connectivity index (χ0) is 20.5. The summed E-state index contributed by atoms with van der Waals surface area (Å²) in [6.45, 7) is 13.0. The van der Waals surface area contributed by atoms with Crippen LogP contribution in [0.5, 0.6) is 0 Å². The molecule has 0 bridgehead atoms. The molecule has 3 heteroatoms. The molecule has 0 aliphatic heterocycles. The van der Waals surface area contributed by atoms with Gasteiger partial charge in [-0.15, -0.1) is 0 Å². The maximum absolute atomic E-state index is 5.10. The molecule has 0 aromatic heterocycles. The fraction of sp³-hybridized carbons (Fsp3) is 0.462. The number of aliphatic imine (C=N–C) groups is 2. The van der Waals surface area contributed by atoms with Crippen LogP contribution in [0.25, 0.3) is 0 Å². The summed E-state index contributed by atoms with van der Waals surface area (Å²) in [7, 11) is 0. The van der Waals surface area contributed by atoms with Crippen LogP contribution in [0.15, 0.2) is 46.4 Å². The van der Waals surface area contributed by atoms with Crippen molar-refractivity contribution in [3.63, 3.8) is 0 Å². The van der Waals surface area contributed by atoms with Gasteiger partial charge in [0.1, 0.15) is 0 Å². The molecule has 0 fully saturated rings. The molecule has 0 amide bonds. The van der Waals surface area contributed by atoms with Crippen LogP contribution < -0.4 is 0 Å². The van der Waals surface area contributed by atoms with Crippen LogP contribution in [-0.2, 0) is 16.5 Å². The van der Waals surface area contributed by atoms with Gasteiger partial charge in [-0.3, -0.25) is 9.98 Å². The second-order valence-corrected chi connectivity index (χ2v) is 8.02. The molecule has 0 unspecified atom stereocenters. The normalized spacial score (nSPS) is 12.1. The number of rotatable bonds is 9. The average Bonchev–Trinajstić information content (AvgIpc) is 2.60. The van der Waals surface area contributed by atoms with E-state index in [0.29, 0.717) is 0 Å². The predicted octanol–water partition coefficient (Wildman–Crippen LogP) is 8.14. The fourth-order valence-electron chi connectivity index (χ4n) is 3.56. The molecule has 2 nitrogen and oxygen atoms in total. The maximum Gasteiger partial charge on any atom is 0.0639 e. The number of benzene rings is 2.